The van der Waals surface area contributed by atoms with Crippen molar-refractivity contribution >= 4 is 5.91 Å². The molecule has 1 saturated heterocycles. The van der Waals surface area contributed by atoms with Crippen LogP contribution in [0.15, 0.2) is 0 Å². The van der Waals surface area contributed by atoms with Gasteiger partial charge in [0.15, 0.2) is 0 Å². The molecule has 1 fully saturated rings. The maximum absolute atomic E-state index is 11.8. The van der Waals surface area contributed by atoms with Crippen LogP contribution in [-0.2, 0) is 9.53 Å². The summed E-state index contributed by atoms with van der Waals surface area (Å²) in [6.07, 6.45) is 6.04. The number of nitriles is 1. The summed E-state index contributed by atoms with van der Waals surface area (Å²) in [5.74, 6) is 2.12. The molecule has 1 rings (SSSR count). The van der Waals surface area contributed by atoms with Crippen molar-refractivity contribution in [2.75, 3.05) is 13.2 Å². The Kier molecular flexibility index (Phi) is 3.71. The van der Waals surface area contributed by atoms with E-state index in [0.717, 1.165) is 0 Å². The highest BCUT2D eigenvalue weighted by molar-refractivity contribution is 5.86. The summed E-state index contributed by atoms with van der Waals surface area (Å²) in [7, 11) is 0. The zero-order chi connectivity index (χ0) is 11.3. The molecule has 15 heavy (non-hydrogen) atoms. The number of terminal acetylenes is 1. The van der Waals surface area contributed by atoms with Gasteiger partial charge in [-0.2, -0.15) is 5.26 Å². The van der Waals surface area contributed by atoms with Gasteiger partial charge in [0.1, 0.15) is 5.41 Å². The largest absolute Gasteiger partial charge is 0.381 e. The van der Waals surface area contributed by atoms with E-state index in [-0.39, 0.29) is 11.9 Å². The first-order valence-corrected chi connectivity index (χ1v) is 4.91. The molecule has 1 atom stereocenters. The number of nitrogens with one attached hydrogen (secondary N) is 1. The van der Waals surface area contributed by atoms with Gasteiger partial charge in [0.2, 0.25) is 5.91 Å². The minimum absolute atomic E-state index is 0.279. The lowest BCUT2D eigenvalue weighted by molar-refractivity contribution is -0.132. The fraction of sp³-hybridized carbons (Fsp3) is 0.636. The SMILES string of the molecule is C#CC(C)NC(=O)C1(C#N)CCOCC1. The van der Waals surface area contributed by atoms with Gasteiger partial charge < -0.3 is 10.1 Å². The minimum atomic E-state index is -0.955. The Balaban J connectivity index is 2.70. The predicted octanol–water partition coefficient (Wildman–Crippen LogP) is 0.445. The first kappa shape index (κ1) is 11.6. The second-order valence-electron chi connectivity index (χ2n) is 3.67. The van der Waals surface area contributed by atoms with E-state index in [1.807, 2.05) is 0 Å². The van der Waals surface area contributed by atoms with Gasteiger partial charge in [-0.25, -0.2) is 0 Å². The van der Waals surface area contributed by atoms with E-state index in [1.54, 1.807) is 6.92 Å². The number of hydrogen-bond donors (Lipinski definition) is 1. The topological polar surface area (TPSA) is 62.1 Å². The van der Waals surface area contributed by atoms with Crippen LogP contribution < -0.4 is 5.32 Å². The summed E-state index contributed by atoms with van der Waals surface area (Å²) in [6, 6.07) is 1.74. The van der Waals surface area contributed by atoms with E-state index < -0.39 is 5.41 Å². The first-order valence-electron chi connectivity index (χ1n) is 4.91. The molecule has 1 amide bonds. The normalized spacial score (nSPS) is 20.7. The molecule has 0 aromatic heterocycles. The lowest BCUT2D eigenvalue weighted by Crippen LogP contribution is -2.46. The molecule has 0 spiro atoms. The Labute approximate surface area is 89.6 Å². The summed E-state index contributed by atoms with van der Waals surface area (Å²) in [6.45, 7) is 2.61. The molecule has 0 bridgehead atoms. The Morgan fingerprint density at radius 3 is 2.67 bits per heavy atom. The van der Waals surface area contributed by atoms with Crippen LogP contribution in [0.2, 0.25) is 0 Å². The number of amides is 1. The third-order valence-electron chi connectivity index (χ3n) is 2.59. The summed E-state index contributed by atoms with van der Waals surface area (Å²) < 4.78 is 5.14. The van der Waals surface area contributed by atoms with Crippen LogP contribution in [0.4, 0.5) is 0 Å². The molecular formula is C11H14N2O2. The number of hydrogen-bond acceptors (Lipinski definition) is 3. The van der Waals surface area contributed by atoms with Gasteiger partial charge in [-0.05, 0) is 19.8 Å². The Bertz CT molecular complexity index is 318. The molecular weight excluding hydrogens is 192 g/mol. The number of carbonyl (C=O) groups is 1. The summed E-state index contributed by atoms with van der Waals surface area (Å²) >= 11 is 0. The summed E-state index contributed by atoms with van der Waals surface area (Å²) in [4.78, 5) is 11.8. The summed E-state index contributed by atoms with van der Waals surface area (Å²) in [5.41, 5.74) is -0.955. The molecule has 1 N–H and O–H groups in total. The van der Waals surface area contributed by atoms with Gasteiger partial charge in [-0.15, -0.1) is 6.42 Å². The zero-order valence-electron chi connectivity index (χ0n) is 8.75. The van der Waals surface area contributed by atoms with Crippen molar-refractivity contribution in [3.05, 3.63) is 0 Å². The minimum Gasteiger partial charge on any atom is -0.381 e. The van der Waals surface area contributed by atoms with Crippen molar-refractivity contribution in [3.63, 3.8) is 0 Å². The van der Waals surface area contributed by atoms with Crippen LogP contribution in [0.3, 0.4) is 0 Å². The van der Waals surface area contributed by atoms with Gasteiger partial charge in [0.25, 0.3) is 0 Å². The molecule has 1 unspecified atom stereocenters. The molecule has 0 aromatic rings. The van der Waals surface area contributed by atoms with Crippen molar-refractivity contribution in [2.45, 2.75) is 25.8 Å². The number of carbonyl (C=O) groups excluding carboxylic acids is 1. The number of nitrogens with zero attached hydrogens (tertiary/aromatic N) is 1. The maximum atomic E-state index is 11.8. The van der Waals surface area contributed by atoms with Crippen LogP contribution in [0.25, 0.3) is 0 Å². The number of rotatable bonds is 2. The van der Waals surface area contributed by atoms with Gasteiger partial charge in [-0.3, -0.25) is 4.79 Å². The van der Waals surface area contributed by atoms with E-state index >= 15 is 0 Å². The second kappa shape index (κ2) is 4.82. The monoisotopic (exact) mass is 206 g/mol. The highest BCUT2D eigenvalue weighted by atomic mass is 16.5. The van der Waals surface area contributed by atoms with E-state index in [2.05, 4.69) is 17.3 Å². The van der Waals surface area contributed by atoms with Gasteiger partial charge >= 0.3 is 0 Å². The molecule has 0 saturated carbocycles. The zero-order valence-corrected chi connectivity index (χ0v) is 8.75. The third-order valence-corrected chi connectivity index (χ3v) is 2.59. The highest BCUT2D eigenvalue weighted by Crippen LogP contribution is 2.29. The van der Waals surface area contributed by atoms with Crippen LogP contribution in [0.5, 0.6) is 0 Å². The molecule has 4 nitrogen and oxygen atoms in total. The third kappa shape index (κ3) is 2.49. The fourth-order valence-corrected chi connectivity index (χ4v) is 1.49. The van der Waals surface area contributed by atoms with Crippen molar-refractivity contribution in [1.29, 1.82) is 5.26 Å². The first-order chi connectivity index (χ1) is 7.14. The van der Waals surface area contributed by atoms with Crippen LogP contribution in [0.1, 0.15) is 19.8 Å². The molecule has 4 heteroatoms. The second-order valence-corrected chi connectivity index (χ2v) is 3.67. The van der Waals surface area contributed by atoms with E-state index in [4.69, 9.17) is 16.4 Å². The standard InChI is InChI=1S/C11H14N2O2/c1-3-9(2)13-10(14)11(8-12)4-6-15-7-5-11/h1,9H,4-7H2,2H3,(H,13,14). The number of ether oxygens (including phenoxy) is 1. The average molecular weight is 206 g/mol. The fourth-order valence-electron chi connectivity index (χ4n) is 1.49. The molecule has 1 heterocycles. The Morgan fingerprint density at radius 1 is 1.60 bits per heavy atom. The molecule has 1 aliphatic rings. The maximum Gasteiger partial charge on any atom is 0.241 e. The van der Waals surface area contributed by atoms with Crippen LogP contribution in [0, 0.1) is 29.1 Å². The highest BCUT2D eigenvalue weighted by Gasteiger charge is 2.40. The van der Waals surface area contributed by atoms with Crippen molar-refractivity contribution < 1.29 is 9.53 Å². The molecule has 0 aromatic carbocycles. The van der Waals surface area contributed by atoms with Gasteiger partial charge in [-0.1, -0.05) is 5.92 Å². The lowest BCUT2D eigenvalue weighted by Gasteiger charge is -2.29. The predicted molar refractivity (Wildman–Crippen MR) is 54.5 cm³/mol. The van der Waals surface area contributed by atoms with E-state index in [9.17, 15) is 4.79 Å². The van der Waals surface area contributed by atoms with E-state index in [0.29, 0.717) is 26.1 Å². The van der Waals surface area contributed by atoms with Crippen molar-refractivity contribution in [1.82, 2.24) is 5.32 Å². The average Bonchev–Trinajstić information content (AvgIpc) is 2.29. The van der Waals surface area contributed by atoms with Crippen LogP contribution >= 0.6 is 0 Å². The Morgan fingerprint density at radius 2 is 2.20 bits per heavy atom. The Hall–Kier alpha value is -1.52. The smallest absolute Gasteiger partial charge is 0.241 e. The van der Waals surface area contributed by atoms with E-state index in [1.165, 1.54) is 0 Å². The van der Waals surface area contributed by atoms with Crippen molar-refractivity contribution in [2.24, 2.45) is 5.41 Å². The quantitative estimate of drug-likeness (QED) is 0.667. The van der Waals surface area contributed by atoms with Crippen molar-refractivity contribution in [3.8, 4) is 18.4 Å². The molecule has 0 aliphatic carbocycles. The molecule has 0 radical (unpaired) electrons. The molecule has 80 valence electrons. The van der Waals surface area contributed by atoms with Gasteiger partial charge in [0.05, 0.1) is 12.1 Å². The van der Waals surface area contributed by atoms with Gasteiger partial charge in [0, 0.05) is 13.2 Å². The summed E-state index contributed by atoms with van der Waals surface area (Å²) in [5, 5.41) is 11.7. The molecule has 1 aliphatic heterocycles. The van der Waals surface area contributed by atoms with Crippen LogP contribution in [-0.4, -0.2) is 25.2 Å². The lowest BCUT2D eigenvalue weighted by atomic mass is 9.80.